The molecule has 1 amide bonds. The van der Waals surface area contributed by atoms with Crippen molar-refractivity contribution < 1.29 is 4.79 Å². The van der Waals surface area contributed by atoms with Gasteiger partial charge in [0.15, 0.2) is 0 Å². The molecule has 0 bridgehead atoms. The Morgan fingerprint density at radius 3 is 2.27 bits per heavy atom. The number of benzene rings is 2. The van der Waals surface area contributed by atoms with Gasteiger partial charge in [0.05, 0.1) is 6.54 Å². The Morgan fingerprint density at radius 1 is 0.923 bits per heavy atom. The molecule has 0 aromatic heterocycles. The Kier molecular flexibility index (Phi) is 6.29. The maximum absolute atomic E-state index is 12.2. The lowest BCUT2D eigenvalue weighted by atomic mass is 10.1. The third kappa shape index (κ3) is 4.85. The molecular weight excluding hydrogens is 322 g/mol. The summed E-state index contributed by atoms with van der Waals surface area (Å²) in [5.41, 5.74) is 5.22. The molecule has 0 spiro atoms. The molecule has 0 atom stereocenters. The molecule has 1 fully saturated rings. The monoisotopic (exact) mass is 351 g/mol. The van der Waals surface area contributed by atoms with E-state index in [1.807, 2.05) is 6.07 Å². The van der Waals surface area contributed by atoms with Crippen LogP contribution in [0.3, 0.4) is 0 Å². The Bertz CT molecular complexity index is 736. The van der Waals surface area contributed by atoms with Crippen molar-refractivity contribution in [3.63, 3.8) is 0 Å². The van der Waals surface area contributed by atoms with E-state index in [9.17, 15) is 4.79 Å². The molecule has 26 heavy (non-hydrogen) atoms. The van der Waals surface area contributed by atoms with Crippen LogP contribution < -0.4 is 10.2 Å². The zero-order valence-electron chi connectivity index (χ0n) is 15.9. The second kappa shape index (κ2) is 8.86. The van der Waals surface area contributed by atoms with Crippen molar-refractivity contribution in [3.8, 4) is 0 Å². The van der Waals surface area contributed by atoms with Gasteiger partial charge in [-0.05, 0) is 43.0 Å². The predicted octanol–water partition coefficient (Wildman–Crippen LogP) is 2.78. The molecular formula is C22H29N3O. The number of carbonyl (C=O) groups excluding carboxylic acids is 1. The van der Waals surface area contributed by atoms with Crippen LogP contribution in [0.2, 0.25) is 0 Å². The maximum atomic E-state index is 12.2. The number of rotatable bonds is 6. The molecule has 0 aliphatic carbocycles. The van der Waals surface area contributed by atoms with E-state index in [-0.39, 0.29) is 5.91 Å². The number of aryl methyl sites for hydroxylation is 2. The molecule has 0 radical (unpaired) electrons. The molecule has 1 saturated heterocycles. The van der Waals surface area contributed by atoms with E-state index in [2.05, 4.69) is 71.4 Å². The maximum Gasteiger partial charge on any atom is 0.234 e. The highest BCUT2D eigenvalue weighted by molar-refractivity contribution is 5.78. The van der Waals surface area contributed by atoms with E-state index >= 15 is 0 Å². The SMILES string of the molecule is Cc1ccccc1CCNC(=O)CN1CCN(c2ccccc2C)CC1. The van der Waals surface area contributed by atoms with Crippen molar-refractivity contribution >= 4 is 11.6 Å². The molecule has 1 aliphatic rings. The van der Waals surface area contributed by atoms with E-state index < -0.39 is 0 Å². The fraction of sp³-hybridized carbons (Fsp3) is 0.409. The molecule has 1 N–H and O–H groups in total. The van der Waals surface area contributed by atoms with Crippen LogP contribution in [0.1, 0.15) is 16.7 Å². The predicted molar refractivity (Wildman–Crippen MR) is 108 cm³/mol. The minimum Gasteiger partial charge on any atom is -0.369 e. The molecule has 138 valence electrons. The average molecular weight is 351 g/mol. The number of hydrogen-bond donors (Lipinski definition) is 1. The number of carbonyl (C=O) groups is 1. The normalized spacial score (nSPS) is 15.1. The van der Waals surface area contributed by atoms with Gasteiger partial charge in [0.25, 0.3) is 0 Å². The second-order valence-corrected chi connectivity index (χ2v) is 7.08. The fourth-order valence-electron chi connectivity index (χ4n) is 3.55. The van der Waals surface area contributed by atoms with Gasteiger partial charge >= 0.3 is 0 Å². The lowest BCUT2D eigenvalue weighted by Gasteiger charge is -2.36. The van der Waals surface area contributed by atoms with E-state index in [4.69, 9.17) is 0 Å². The third-order valence-corrected chi connectivity index (χ3v) is 5.17. The van der Waals surface area contributed by atoms with Gasteiger partial charge < -0.3 is 10.2 Å². The van der Waals surface area contributed by atoms with Crippen molar-refractivity contribution in [2.24, 2.45) is 0 Å². The van der Waals surface area contributed by atoms with Crippen LogP contribution >= 0.6 is 0 Å². The summed E-state index contributed by atoms with van der Waals surface area (Å²) >= 11 is 0. The number of para-hydroxylation sites is 1. The first-order valence-electron chi connectivity index (χ1n) is 9.47. The average Bonchev–Trinajstić information content (AvgIpc) is 2.64. The zero-order chi connectivity index (χ0) is 18.4. The fourth-order valence-corrected chi connectivity index (χ4v) is 3.55. The van der Waals surface area contributed by atoms with Crippen LogP contribution in [-0.4, -0.2) is 50.1 Å². The first-order valence-corrected chi connectivity index (χ1v) is 9.47. The molecule has 0 unspecified atom stereocenters. The summed E-state index contributed by atoms with van der Waals surface area (Å²) in [5.74, 6) is 0.128. The lowest BCUT2D eigenvalue weighted by Crippen LogP contribution is -2.49. The number of piperazine rings is 1. The van der Waals surface area contributed by atoms with E-state index in [1.165, 1.54) is 22.4 Å². The number of nitrogens with one attached hydrogen (secondary N) is 1. The van der Waals surface area contributed by atoms with Crippen molar-refractivity contribution in [1.82, 2.24) is 10.2 Å². The molecule has 0 saturated carbocycles. The van der Waals surface area contributed by atoms with Crippen LogP contribution in [0.4, 0.5) is 5.69 Å². The summed E-state index contributed by atoms with van der Waals surface area (Å²) in [5, 5.41) is 3.06. The van der Waals surface area contributed by atoms with E-state index in [0.717, 1.165) is 32.6 Å². The quantitative estimate of drug-likeness (QED) is 0.869. The van der Waals surface area contributed by atoms with Gasteiger partial charge in [-0.1, -0.05) is 42.5 Å². The van der Waals surface area contributed by atoms with Gasteiger partial charge in [-0.15, -0.1) is 0 Å². The van der Waals surface area contributed by atoms with Gasteiger partial charge in [-0.2, -0.15) is 0 Å². The highest BCUT2D eigenvalue weighted by atomic mass is 16.2. The third-order valence-electron chi connectivity index (χ3n) is 5.17. The highest BCUT2D eigenvalue weighted by Crippen LogP contribution is 2.20. The second-order valence-electron chi connectivity index (χ2n) is 7.08. The largest absolute Gasteiger partial charge is 0.369 e. The molecule has 4 heteroatoms. The van der Waals surface area contributed by atoms with Crippen molar-refractivity contribution in [2.45, 2.75) is 20.3 Å². The number of nitrogens with zero attached hydrogens (tertiary/aromatic N) is 2. The van der Waals surface area contributed by atoms with Gasteiger partial charge in [0, 0.05) is 38.4 Å². The smallest absolute Gasteiger partial charge is 0.234 e. The van der Waals surface area contributed by atoms with Gasteiger partial charge in [-0.3, -0.25) is 9.69 Å². The van der Waals surface area contributed by atoms with Crippen molar-refractivity contribution in [1.29, 1.82) is 0 Å². The number of hydrogen-bond acceptors (Lipinski definition) is 3. The summed E-state index contributed by atoms with van der Waals surface area (Å²) in [7, 11) is 0. The molecule has 2 aromatic rings. The van der Waals surface area contributed by atoms with Gasteiger partial charge in [0.1, 0.15) is 0 Å². The van der Waals surface area contributed by atoms with E-state index in [1.54, 1.807) is 0 Å². The lowest BCUT2D eigenvalue weighted by molar-refractivity contribution is -0.122. The number of amides is 1. The zero-order valence-corrected chi connectivity index (χ0v) is 15.9. The van der Waals surface area contributed by atoms with Crippen LogP contribution in [0.5, 0.6) is 0 Å². The molecule has 4 nitrogen and oxygen atoms in total. The molecule has 2 aromatic carbocycles. The topological polar surface area (TPSA) is 35.6 Å². The van der Waals surface area contributed by atoms with E-state index in [0.29, 0.717) is 13.1 Å². The van der Waals surface area contributed by atoms with Crippen LogP contribution in [0.15, 0.2) is 48.5 Å². The molecule has 1 aliphatic heterocycles. The standard InChI is InChI=1S/C22H29N3O/c1-18-7-3-5-9-20(18)11-12-23-22(26)17-24-13-15-25(16-14-24)21-10-6-4-8-19(21)2/h3-10H,11-17H2,1-2H3,(H,23,26). The minimum absolute atomic E-state index is 0.128. The van der Waals surface area contributed by atoms with Gasteiger partial charge in [-0.25, -0.2) is 0 Å². The summed E-state index contributed by atoms with van der Waals surface area (Å²) in [4.78, 5) is 16.9. The van der Waals surface area contributed by atoms with Crippen molar-refractivity contribution in [2.75, 3.05) is 44.2 Å². The first kappa shape index (κ1) is 18.5. The molecule has 3 rings (SSSR count). The Hall–Kier alpha value is -2.33. The Labute approximate surface area is 156 Å². The Balaban J connectivity index is 1.39. The van der Waals surface area contributed by atoms with Gasteiger partial charge in [0.2, 0.25) is 5.91 Å². The minimum atomic E-state index is 0.128. The summed E-state index contributed by atoms with van der Waals surface area (Å²) in [6.07, 6.45) is 0.888. The van der Waals surface area contributed by atoms with Crippen LogP contribution in [-0.2, 0) is 11.2 Å². The Morgan fingerprint density at radius 2 is 1.58 bits per heavy atom. The van der Waals surface area contributed by atoms with Crippen LogP contribution in [0.25, 0.3) is 0 Å². The van der Waals surface area contributed by atoms with Crippen LogP contribution in [0, 0.1) is 13.8 Å². The van der Waals surface area contributed by atoms with Crippen molar-refractivity contribution in [3.05, 3.63) is 65.2 Å². The molecule has 1 heterocycles. The summed E-state index contributed by atoms with van der Waals surface area (Å²) in [6, 6.07) is 16.9. The summed E-state index contributed by atoms with van der Waals surface area (Å²) < 4.78 is 0. The summed E-state index contributed by atoms with van der Waals surface area (Å²) in [6.45, 7) is 9.28. The first-order chi connectivity index (χ1) is 12.6. The highest BCUT2D eigenvalue weighted by Gasteiger charge is 2.19. The number of anilines is 1.